The van der Waals surface area contributed by atoms with E-state index >= 15 is 0 Å². The van der Waals surface area contributed by atoms with Crippen LogP contribution in [0.5, 0.6) is 0 Å². The van der Waals surface area contributed by atoms with Gasteiger partial charge in [-0.3, -0.25) is 4.79 Å². The fourth-order valence-corrected chi connectivity index (χ4v) is 3.88. The Morgan fingerprint density at radius 1 is 1.19 bits per heavy atom. The molecule has 2 unspecified atom stereocenters. The smallest absolute Gasteiger partial charge is 0.254 e. The van der Waals surface area contributed by atoms with Gasteiger partial charge in [-0.2, -0.15) is 0 Å². The topological polar surface area (TPSA) is 32.3 Å². The van der Waals surface area contributed by atoms with Gasteiger partial charge in [0, 0.05) is 24.2 Å². The molecule has 0 saturated carbocycles. The number of likely N-dealkylation sites (tertiary alicyclic amines) is 1. The van der Waals surface area contributed by atoms with E-state index in [1.165, 1.54) is 24.8 Å². The number of aryl methyl sites for hydroxylation is 2. The lowest BCUT2D eigenvalue weighted by Crippen LogP contribution is -2.52. The van der Waals surface area contributed by atoms with Gasteiger partial charge in [0.15, 0.2) is 0 Å². The Balaban J connectivity index is 1.83. The van der Waals surface area contributed by atoms with Crippen molar-refractivity contribution >= 4 is 5.91 Å². The standard InChI is InChI=1S/C18H26N2O/c1-13-8-9-15(14(2)12-13)18(21)20-11-4-3-7-17(20)16-6-5-10-19-16/h8-9,12,16-17,19H,3-7,10-11H2,1-2H3. The van der Waals surface area contributed by atoms with E-state index in [4.69, 9.17) is 0 Å². The Morgan fingerprint density at radius 3 is 2.76 bits per heavy atom. The molecule has 1 N–H and O–H groups in total. The number of amides is 1. The van der Waals surface area contributed by atoms with E-state index in [0.717, 1.165) is 37.1 Å². The Hall–Kier alpha value is -1.35. The van der Waals surface area contributed by atoms with Gasteiger partial charge in [-0.1, -0.05) is 17.7 Å². The van der Waals surface area contributed by atoms with E-state index < -0.39 is 0 Å². The highest BCUT2D eigenvalue weighted by atomic mass is 16.2. The summed E-state index contributed by atoms with van der Waals surface area (Å²) in [5.41, 5.74) is 3.20. The average Bonchev–Trinajstić information content (AvgIpc) is 3.01. The third-order valence-electron chi connectivity index (χ3n) is 4.99. The van der Waals surface area contributed by atoms with E-state index in [9.17, 15) is 4.79 Å². The zero-order valence-electron chi connectivity index (χ0n) is 13.2. The second-order valence-electron chi connectivity index (χ2n) is 6.58. The Kier molecular flexibility index (Phi) is 4.29. The third kappa shape index (κ3) is 2.98. The van der Waals surface area contributed by atoms with Crippen molar-refractivity contribution in [1.82, 2.24) is 10.2 Å². The summed E-state index contributed by atoms with van der Waals surface area (Å²) in [7, 11) is 0. The molecule has 114 valence electrons. The summed E-state index contributed by atoms with van der Waals surface area (Å²) in [6, 6.07) is 7.04. The highest BCUT2D eigenvalue weighted by molar-refractivity contribution is 5.96. The number of carbonyl (C=O) groups excluding carboxylic acids is 1. The van der Waals surface area contributed by atoms with Gasteiger partial charge < -0.3 is 10.2 Å². The summed E-state index contributed by atoms with van der Waals surface area (Å²) in [6.45, 7) is 6.14. The molecule has 3 rings (SSSR count). The first-order valence-corrected chi connectivity index (χ1v) is 8.28. The van der Waals surface area contributed by atoms with Gasteiger partial charge in [-0.05, 0) is 64.1 Å². The molecule has 1 amide bonds. The van der Waals surface area contributed by atoms with Crippen molar-refractivity contribution in [1.29, 1.82) is 0 Å². The highest BCUT2D eigenvalue weighted by Crippen LogP contribution is 2.26. The molecule has 0 aromatic heterocycles. The van der Waals surface area contributed by atoms with Crippen LogP contribution in [0, 0.1) is 13.8 Å². The number of hydrogen-bond donors (Lipinski definition) is 1. The molecule has 0 bridgehead atoms. The minimum absolute atomic E-state index is 0.228. The van der Waals surface area contributed by atoms with Crippen molar-refractivity contribution in [2.45, 2.75) is 58.0 Å². The molecule has 2 atom stereocenters. The Bertz CT molecular complexity index is 520. The fourth-order valence-electron chi connectivity index (χ4n) is 3.88. The van der Waals surface area contributed by atoms with Crippen LogP contribution >= 0.6 is 0 Å². The number of hydrogen-bond acceptors (Lipinski definition) is 2. The Morgan fingerprint density at radius 2 is 2.05 bits per heavy atom. The first-order valence-electron chi connectivity index (χ1n) is 8.28. The zero-order chi connectivity index (χ0) is 14.8. The highest BCUT2D eigenvalue weighted by Gasteiger charge is 2.34. The molecule has 2 heterocycles. The van der Waals surface area contributed by atoms with Crippen LogP contribution in [0.15, 0.2) is 18.2 Å². The maximum Gasteiger partial charge on any atom is 0.254 e. The fraction of sp³-hybridized carbons (Fsp3) is 0.611. The summed E-state index contributed by atoms with van der Waals surface area (Å²) in [5.74, 6) is 0.228. The van der Waals surface area contributed by atoms with Crippen LogP contribution in [-0.2, 0) is 0 Å². The number of rotatable bonds is 2. The van der Waals surface area contributed by atoms with Crippen LogP contribution in [0.2, 0.25) is 0 Å². The molecule has 2 aliphatic rings. The first kappa shape index (κ1) is 14.6. The van der Waals surface area contributed by atoms with Crippen LogP contribution in [0.4, 0.5) is 0 Å². The molecule has 2 aliphatic heterocycles. The SMILES string of the molecule is Cc1ccc(C(=O)N2CCCCC2C2CCCN2)c(C)c1. The van der Waals surface area contributed by atoms with Gasteiger partial charge in [-0.15, -0.1) is 0 Å². The first-order chi connectivity index (χ1) is 10.2. The number of carbonyl (C=O) groups is 1. The molecular formula is C18H26N2O. The molecule has 1 aromatic carbocycles. The number of benzene rings is 1. The molecule has 3 nitrogen and oxygen atoms in total. The normalized spacial score (nSPS) is 26.1. The van der Waals surface area contributed by atoms with E-state index in [1.54, 1.807) is 0 Å². The number of nitrogens with zero attached hydrogens (tertiary/aromatic N) is 1. The largest absolute Gasteiger partial charge is 0.334 e. The molecule has 0 radical (unpaired) electrons. The second kappa shape index (κ2) is 6.18. The quantitative estimate of drug-likeness (QED) is 0.906. The molecule has 3 heteroatoms. The average molecular weight is 286 g/mol. The maximum absolute atomic E-state index is 13.0. The number of nitrogens with one attached hydrogen (secondary N) is 1. The van der Waals surface area contributed by atoms with Gasteiger partial charge >= 0.3 is 0 Å². The van der Waals surface area contributed by atoms with Crippen molar-refractivity contribution in [3.05, 3.63) is 34.9 Å². The van der Waals surface area contributed by atoms with Crippen molar-refractivity contribution in [3.8, 4) is 0 Å². The summed E-state index contributed by atoms with van der Waals surface area (Å²) in [4.78, 5) is 15.1. The van der Waals surface area contributed by atoms with Crippen molar-refractivity contribution in [3.63, 3.8) is 0 Å². The predicted octanol–water partition coefficient (Wildman–Crippen LogP) is 3.05. The molecule has 2 saturated heterocycles. The van der Waals surface area contributed by atoms with Gasteiger partial charge in [0.05, 0.1) is 0 Å². The monoisotopic (exact) mass is 286 g/mol. The summed E-state index contributed by atoms with van der Waals surface area (Å²) in [6.07, 6.45) is 5.99. The van der Waals surface area contributed by atoms with E-state index in [-0.39, 0.29) is 5.91 Å². The van der Waals surface area contributed by atoms with E-state index in [2.05, 4.69) is 23.2 Å². The van der Waals surface area contributed by atoms with Gasteiger partial charge in [0.2, 0.25) is 0 Å². The Labute approximate surface area is 127 Å². The van der Waals surface area contributed by atoms with Crippen molar-refractivity contribution in [2.24, 2.45) is 0 Å². The molecule has 1 aromatic rings. The van der Waals surface area contributed by atoms with Crippen LogP contribution in [0.1, 0.15) is 53.6 Å². The summed E-state index contributed by atoms with van der Waals surface area (Å²) in [5, 5.41) is 3.59. The summed E-state index contributed by atoms with van der Waals surface area (Å²) >= 11 is 0. The van der Waals surface area contributed by atoms with E-state index in [1.807, 2.05) is 19.1 Å². The van der Waals surface area contributed by atoms with Gasteiger partial charge in [0.25, 0.3) is 5.91 Å². The molecule has 2 fully saturated rings. The van der Waals surface area contributed by atoms with Crippen LogP contribution in [0.25, 0.3) is 0 Å². The minimum Gasteiger partial charge on any atom is -0.334 e. The van der Waals surface area contributed by atoms with Crippen molar-refractivity contribution in [2.75, 3.05) is 13.1 Å². The lowest BCUT2D eigenvalue weighted by Gasteiger charge is -2.39. The molecule has 0 aliphatic carbocycles. The van der Waals surface area contributed by atoms with E-state index in [0.29, 0.717) is 12.1 Å². The molecule has 21 heavy (non-hydrogen) atoms. The third-order valence-corrected chi connectivity index (χ3v) is 4.99. The summed E-state index contributed by atoms with van der Waals surface area (Å²) < 4.78 is 0. The lowest BCUT2D eigenvalue weighted by molar-refractivity contribution is 0.0563. The number of piperidine rings is 1. The van der Waals surface area contributed by atoms with Gasteiger partial charge in [0.1, 0.15) is 0 Å². The van der Waals surface area contributed by atoms with Crippen LogP contribution in [0.3, 0.4) is 0 Å². The minimum atomic E-state index is 0.228. The molecular weight excluding hydrogens is 260 g/mol. The predicted molar refractivity (Wildman–Crippen MR) is 85.6 cm³/mol. The molecule has 0 spiro atoms. The van der Waals surface area contributed by atoms with Crippen LogP contribution in [-0.4, -0.2) is 36.0 Å². The van der Waals surface area contributed by atoms with Crippen LogP contribution < -0.4 is 5.32 Å². The maximum atomic E-state index is 13.0. The van der Waals surface area contributed by atoms with Crippen molar-refractivity contribution < 1.29 is 4.79 Å². The lowest BCUT2D eigenvalue weighted by atomic mass is 9.93. The zero-order valence-corrected chi connectivity index (χ0v) is 13.2. The van der Waals surface area contributed by atoms with Gasteiger partial charge in [-0.25, -0.2) is 0 Å². The second-order valence-corrected chi connectivity index (χ2v) is 6.58.